The molecule has 0 aliphatic heterocycles. The highest BCUT2D eigenvalue weighted by molar-refractivity contribution is 7.71. The van der Waals surface area contributed by atoms with Gasteiger partial charge in [0.25, 0.3) is 0 Å². The van der Waals surface area contributed by atoms with E-state index in [2.05, 4.69) is 21.5 Å². The van der Waals surface area contributed by atoms with E-state index in [9.17, 15) is 0 Å². The summed E-state index contributed by atoms with van der Waals surface area (Å²) in [6.07, 6.45) is 7.75. The first-order valence-electron chi connectivity index (χ1n) is 7.89. The molecule has 0 bridgehead atoms. The van der Waals surface area contributed by atoms with Gasteiger partial charge in [0.1, 0.15) is 0 Å². The third-order valence-corrected chi connectivity index (χ3v) is 4.99. The smallest absolute Gasteiger partial charge is 0.215 e. The number of H-pyrrole nitrogens is 1. The lowest BCUT2D eigenvalue weighted by Gasteiger charge is -2.30. The Hall–Kier alpha value is -1.36. The van der Waals surface area contributed by atoms with Gasteiger partial charge in [-0.3, -0.25) is 4.57 Å². The largest absolute Gasteiger partial charge is 0.481 e. The van der Waals surface area contributed by atoms with Crippen molar-refractivity contribution in [2.45, 2.75) is 51.5 Å². The molecule has 114 valence electrons. The molecule has 1 atom stereocenters. The van der Waals surface area contributed by atoms with Gasteiger partial charge in [-0.25, -0.2) is 0 Å². The Balaban J connectivity index is 2.07. The molecule has 0 radical (unpaired) electrons. The summed E-state index contributed by atoms with van der Waals surface area (Å²) < 4.78 is 8.28. The standard InChI is InChI=1S/C16H23N3OS/c1-3-13(11-7-5-4-6-8-11)19-15-12(17-16(19)21)9-10-14(18-15)20-2/h9-11,13H,3-8H2,1-2H3,(H,17,21). The van der Waals surface area contributed by atoms with Crippen LogP contribution < -0.4 is 4.74 Å². The quantitative estimate of drug-likeness (QED) is 0.837. The molecule has 0 aromatic carbocycles. The van der Waals surface area contributed by atoms with Gasteiger partial charge in [-0.05, 0) is 43.5 Å². The van der Waals surface area contributed by atoms with Crippen LogP contribution in [0.25, 0.3) is 11.2 Å². The highest BCUT2D eigenvalue weighted by Gasteiger charge is 2.26. The molecule has 4 nitrogen and oxygen atoms in total. The highest BCUT2D eigenvalue weighted by Crippen LogP contribution is 2.36. The summed E-state index contributed by atoms with van der Waals surface area (Å²) in [5.74, 6) is 1.35. The zero-order chi connectivity index (χ0) is 14.8. The summed E-state index contributed by atoms with van der Waals surface area (Å²) in [5, 5.41) is 0. The Morgan fingerprint density at radius 2 is 2.14 bits per heavy atom. The summed E-state index contributed by atoms with van der Waals surface area (Å²) in [4.78, 5) is 7.91. The number of aromatic nitrogens is 3. The lowest BCUT2D eigenvalue weighted by atomic mass is 9.83. The van der Waals surface area contributed by atoms with E-state index in [-0.39, 0.29) is 0 Å². The van der Waals surface area contributed by atoms with Gasteiger partial charge < -0.3 is 9.72 Å². The van der Waals surface area contributed by atoms with Crippen LogP contribution >= 0.6 is 12.2 Å². The molecule has 2 aromatic rings. The van der Waals surface area contributed by atoms with Crippen LogP contribution in [0.15, 0.2) is 12.1 Å². The van der Waals surface area contributed by atoms with Gasteiger partial charge in [0.05, 0.1) is 12.6 Å². The first-order chi connectivity index (χ1) is 10.2. The van der Waals surface area contributed by atoms with Crippen LogP contribution in [-0.4, -0.2) is 21.6 Å². The fourth-order valence-electron chi connectivity index (χ4n) is 3.65. The molecule has 0 amide bonds. The van der Waals surface area contributed by atoms with E-state index in [1.165, 1.54) is 32.1 Å². The van der Waals surface area contributed by atoms with Crippen molar-refractivity contribution in [1.29, 1.82) is 0 Å². The molecule has 2 heterocycles. The summed E-state index contributed by atoms with van der Waals surface area (Å²) in [5.41, 5.74) is 1.92. The molecule has 1 aliphatic carbocycles. The van der Waals surface area contributed by atoms with Crippen LogP contribution in [0.2, 0.25) is 0 Å². The van der Waals surface area contributed by atoms with E-state index in [0.717, 1.165) is 22.4 Å². The van der Waals surface area contributed by atoms with Gasteiger partial charge in [0.2, 0.25) is 5.88 Å². The average Bonchev–Trinajstić information content (AvgIpc) is 2.85. The van der Waals surface area contributed by atoms with Crippen LogP contribution in [0.3, 0.4) is 0 Å². The van der Waals surface area contributed by atoms with Crippen LogP contribution in [0.5, 0.6) is 5.88 Å². The van der Waals surface area contributed by atoms with Crippen molar-refractivity contribution in [3.63, 3.8) is 0 Å². The van der Waals surface area contributed by atoms with Gasteiger partial charge >= 0.3 is 0 Å². The van der Waals surface area contributed by atoms with E-state index in [0.29, 0.717) is 17.8 Å². The topological polar surface area (TPSA) is 42.8 Å². The van der Waals surface area contributed by atoms with Crippen molar-refractivity contribution in [1.82, 2.24) is 14.5 Å². The number of aromatic amines is 1. The number of hydrogen-bond donors (Lipinski definition) is 1. The molecule has 0 saturated heterocycles. The predicted molar refractivity (Wildman–Crippen MR) is 87.4 cm³/mol. The maximum Gasteiger partial charge on any atom is 0.215 e. The Bertz CT molecular complexity index is 670. The molecule has 5 heteroatoms. The summed E-state index contributed by atoms with van der Waals surface area (Å²) in [7, 11) is 1.65. The van der Waals surface area contributed by atoms with Gasteiger partial charge in [0.15, 0.2) is 10.4 Å². The number of nitrogens with one attached hydrogen (secondary N) is 1. The average molecular weight is 305 g/mol. The molecule has 1 N–H and O–H groups in total. The fraction of sp³-hybridized carbons (Fsp3) is 0.625. The third-order valence-electron chi connectivity index (χ3n) is 4.69. The molecule has 21 heavy (non-hydrogen) atoms. The Labute approximate surface area is 130 Å². The van der Waals surface area contributed by atoms with E-state index in [1.54, 1.807) is 7.11 Å². The molecule has 1 saturated carbocycles. The summed E-state index contributed by atoms with van der Waals surface area (Å²) >= 11 is 5.57. The number of nitrogens with zero attached hydrogens (tertiary/aromatic N) is 2. The zero-order valence-corrected chi connectivity index (χ0v) is 13.6. The molecule has 1 aliphatic rings. The van der Waals surface area contributed by atoms with Crippen molar-refractivity contribution in [2.75, 3.05) is 7.11 Å². The predicted octanol–water partition coefficient (Wildman–Crippen LogP) is 4.63. The van der Waals surface area contributed by atoms with Gasteiger partial charge in [-0.15, -0.1) is 0 Å². The van der Waals surface area contributed by atoms with Crippen molar-refractivity contribution >= 4 is 23.4 Å². The van der Waals surface area contributed by atoms with Crippen LogP contribution in [0.1, 0.15) is 51.5 Å². The minimum Gasteiger partial charge on any atom is -0.481 e. The number of ether oxygens (including phenoxy) is 1. The maximum absolute atomic E-state index is 5.57. The van der Waals surface area contributed by atoms with E-state index in [4.69, 9.17) is 17.0 Å². The van der Waals surface area contributed by atoms with Crippen LogP contribution in [0, 0.1) is 10.7 Å². The highest BCUT2D eigenvalue weighted by atomic mass is 32.1. The minimum atomic E-state index is 0.436. The number of fused-ring (bicyclic) bond motifs is 1. The first-order valence-corrected chi connectivity index (χ1v) is 8.30. The van der Waals surface area contributed by atoms with Crippen molar-refractivity contribution < 1.29 is 4.74 Å². The molecule has 3 rings (SSSR count). The van der Waals surface area contributed by atoms with Gasteiger partial charge in [-0.1, -0.05) is 26.2 Å². The van der Waals surface area contributed by atoms with Crippen LogP contribution in [-0.2, 0) is 0 Å². The van der Waals surface area contributed by atoms with Gasteiger partial charge in [0, 0.05) is 12.1 Å². The number of rotatable bonds is 4. The Morgan fingerprint density at radius 3 is 2.81 bits per heavy atom. The van der Waals surface area contributed by atoms with E-state index in [1.807, 2.05) is 12.1 Å². The molecule has 1 fully saturated rings. The molecule has 0 spiro atoms. The normalized spacial score (nSPS) is 18.0. The summed E-state index contributed by atoms with van der Waals surface area (Å²) in [6, 6.07) is 4.31. The maximum atomic E-state index is 5.57. The Kier molecular flexibility index (Phi) is 4.29. The van der Waals surface area contributed by atoms with E-state index < -0.39 is 0 Å². The number of imidazole rings is 1. The first kappa shape index (κ1) is 14.6. The number of methoxy groups -OCH3 is 1. The second-order valence-electron chi connectivity index (χ2n) is 5.90. The van der Waals surface area contributed by atoms with Crippen molar-refractivity contribution in [3.05, 3.63) is 16.9 Å². The molecular formula is C16H23N3OS. The second kappa shape index (κ2) is 6.18. The summed E-state index contributed by atoms with van der Waals surface area (Å²) in [6.45, 7) is 2.25. The third kappa shape index (κ3) is 2.71. The Morgan fingerprint density at radius 1 is 1.38 bits per heavy atom. The monoisotopic (exact) mass is 305 g/mol. The minimum absolute atomic E-state index is 0.436. The lowest BCUT2D eigenvalue weighted by Crippen LogP contribution is -2.21. The number of hydrogen-bond acceptors (Lipinski definition) is 3. The molecular weight excluding hydrogens is 282 g/mol. The van der Waals surface area contributed by atoms with Crippen molar-refractivity contribution in [2.24, 2.45) is 5.92 Å². The second-order valence-corrected chi connectivity index (χ2v) is 6.29. The lowest BCUT2D eigenvalue weighted by molar-refractivity contribution is 0.244. The van der Waals surface area contributed by atoms with Crippen LogP contribution in [0.4, 0.5) is 0 Å². The molecule has 1 unspecified atom stereocenters. The molecule has 2 aromatic heterocycles. The van der Waals surface area contributed by atoms with E-state index >= 15 is 0 Å². The SMILES string of the molecule is CCC(C1CCCCC1)n1c(=S)[nH]c2ccc(OC)nc21. The fourth-order valence-corrected chi connectivity index (χ4v) is 3.98. The number of pyridine rings is 1. The van der Waals surface area contributed by atoms with Crippen molar-refractivity contribution in [3.8, 4) is 5.88 Å². The zero-order valence-electron chi connectivity index (χ0n) is 12.8. The van der Waals surface area contributed by atoms with Gasteiger partial charge in [-0.2, -0.15) is 4.98 Å².